The van der Waals surface area contributed by atoms with E-state index >= 15 is 0 Å². The van der Waals surface area contributed by atoms with E-state index in [0.717, 1.165) is 33.4 Å². The monoisotopic (exact) mass is 774 g/mol. The van der Waals surface area contributed by atoms with Gasteiger partial charge >= 0.3 is 0 Å². The van der Waals surface area contributed by atoms with Gasteiger partial charge in [0.05, 0.1) is 28.4 Å². The summed E-state index contributed by atoms with van der Waals surface area (Å²) >= 11 is 0. The Morgan fingerprint density at radius 1 is 0.426 bits per heavy atom. The Balaban J connectivity index is 0.967. The topological polar surface area (TPSA) is 24.9 Å². The molecule has 0 fully saturated rings. The van der Waals surface area contributed by atoms with Crippen LogP contribution in [0.25, 0.3) is 83.5 Å². The van der Waals surface area contributed by atoms with Crippen LogP contribution in [-0.2, 0) is 5.41 Å². The van der Waals surface area contributed by atoms with Crippen LogP contribution in [0.1, 0.15) is 39.4 Å². The second kappa shape index (κ2) is 13.1. The number of hydrogen-bond acceptors (Lipinski definition) is 2. The van der Waals surface area contributed by atoms with Crippen LogP contribution in [0, 0.1) is 0 Å². The van der Waals surface area contributed by atoms with Crippen molar-refractivity contribution >= 4 is 33.4 Å². The van der Waals surface area contributed by atoms with Crippen LogP contribution < -0.4 is 5.32 Å². The van der Waals surface area contributed by atoms with E-state index in [1.54, 1.807) is 0 Å². The minimum Gasteiger partial charge on any atom is -0.372 e. The molecule has 0 bridgehead atoms. The summed E-state index contributed by atoms with van der Waals surface area (Å²) in [5, 5.41) is 7.46. The smallest absolute Gasteiger partial charge is 0.0947 e. The molecule has 61 heavy (non-hydrogen) atoms. The molecule has 2 aliphatic carbocycles. The first kappa shape index (κ1) is 34.1. The third-order valence-corrected chi connectivity index (χ3v) is 13.5. The molecule has 0 radical (unpaired) electrons. The van der Waals surface area contributed by atoms with E-state index in [0.29, 0.717) is 0 Å². The summed E-state index contributed by atoms with van der Waals surface area (Å²) in [5.74, 6) is 0. The Labute approximate surface area is 355 Å². The summed E-state index contributed by atoms with van der Waals surface area (Å²) in [4.78, 5) is 5.31. The highest BCUT2D eigenvalue weighted by molar-refractivity contribution is 6.10. The van der Waals surface area contributed by atoms with Crippen LogP contribution in [0.4, 0.5) is 5.69 Å². The van der Waals surface area contributed by atoms with Gasteiger partial charge in [0.2, 0.25) is 0 Å². The van der Waals surface area contributed by atoms with Crippen molar-refractivity contribution in [2.24, 2.45) is 0 Å². The van der Waals surface area contributed by atoms with Crippen LogP contribution in [0.15, 0.2) is 212 Å². The Morgan fingerprint density at radius 3 is 1.87 bits per heavy atom. The molecule has 1 N–H and O–H groups in total. The van der Waals surface area contributed by atoms with Gasteiger partial charge in [0, 0.05) is 10.9 Å². The number of aromatic nitrogens is 1. The Morgan fingerprint density at radius 2 is 1.08 bits per heavy atom. The summed E-state index contributed by atoms with van der Waals surface area (Å²) in [5.41, 5.74) is 21.6. The second-order valence-electron chi connectivity index (χ2n) is 16.6. The van der Waals surface area contributed by atoms with Crippen LogP contribution in [0.3, 0.4) is 0 Å². The van der Waals surface area contributed by atoms with E-state index in [4.69, 9.17) is 4.98 Å². The van der Waals surface area contributed by atoms with Gasteiger partial charge in [-0.3, -0.25) is 0 Å². The molecule has 1 unspecified atom stereocenters. The third kappa shape index (κ3) is 4.94. The standard InChI is InChI=1S/C59H38N2/c1-3-13-38(14-4-1)53-33-30-41-27-28-42-31-34-54(61-58(42)57(41)60-53)39-25-23-37(24-26-39)43-29-32-48-51(35-43)59(49-21-11-9-19-46(49)47-20-10-12-22-50(47)59)52-36-44-17-7-8-18-45(44)55(56(48)52)40-15-5-2-6-16-40/h1-36,53,60H. The zero-order valence-electron chi connectivity index (χ0n) is 33.3. The van der Waals surface area contributed by atoms with Gasteiger partial charge in [-0.2, -0.15) is 0 Å². The number of nitrogens with one attached hydrogen (secondary N) is 1. The SMILES string of the molecule is C1=CC(c2ccccc2)Nc2c1ccc1ccc(-c3ccc(-c4ccc5c(c4)C4(c6ccccc6-c6ccccc64)c4cc6ccccc6c(-c6ccccc6)c4-5)cc3)nc21. The number of rotatable bonds is 4. The van der Waals surface area contributed by atoms with E-state index in [1.165, 1.54) is 83.1 Å². The minimum absolute atomic E-state index is 0.0958. The van der Waals surface area contributed by atoms with Gasteiger partial charge in [0.1, 0.15) is 0 Å². The van der Waals surface area contributed by atoms with Gasteiger partial charge < -0.3 is 5.32 Å². The molecule has 2 heteroatoms. The molecule has 9 aromatic carbocycles. The average Bonchev–Trinajstić information content (AvgIpc) is 3.80. The maximum Gasteiger partial charge on any atom is 0.0947 e. The fraction of sp³-hybridized carbons (Fsp3) is 0.0339. The van der Waals surface area contributed by atoms with Crippen molar-refractivity contribution in [1.29, 1.82) is 0 Å². The molecular formula is C59H38N2. The van der Waals surface area contributed by atoms with Crippen LogP contribution >= 0.6 is 0 Å². The molecule has 10 aromatic rings. The van der Waals surface area contributed by atoms with Crippen molar-refractivity contribution in [2.45, 2.75) is 11.5 Å². The van der Waals surface area contributed by atoms with Gasteiger partial charge in [0.25, 0.3) is 0 Å². The van der Waals surface area contributed by atoms with Crippen molar-refractivity contribution in [2.75, 3.05) is 5.32 Å². The maximum absolute atomic E-state index is 5.31. The van der Waals surface area contributed by atoms with Gasteiger partial charge in [-0.15, -0.1) is 0 Å². The largest absolute Gasteiger partial charge is 0.372 e. The van der Waals surface area contributed by atoms with Gasteiger partial charge in [-0.25, -0.2) is 4.98 Å². The highest BCUT2D eigenvalue weighted by Gasteiger charge is 2.52. The fourth-order valence-corrected chi connectivity index (χ4v) is 10.8. The van der Waals surface area contributed by atoms with Crippen molar-refractivity contribution in [1.82, 2.24) is 4.98 Å². The zero-order valence-corrected chi connectivity index (χ0v) is 33.3. The van der Waals surface area contributed by atoms with Crippen LogP contribution in [0.5, 0.6) is 0 Å². The summed E-state index contributed by atoms with van der Waals surface area (Å²) < 4.78 is 0. The predicted molar refractivity (Wildman–Crippen MR) is 254 cm³/mol. The highest BCUT2D eigenvalue weighted by atomic mass is 14.9. The van der Waals surface area contributed by atoms with E-state index in [1.807, 2.05) is 0 Å². The summed E-state index contributed by atoms with van der Waals surface area (Å²) in [6, 6.07) is 76.2. The molecule has 1 atom stereocenters. The number of nitrogens with zero attached hydrogens (tertiary/aromatic N) is 1. The molecule has 2 nitrogen and oxygen atoms in total. The Kier molecular flexibility index (Phi) is 7.32. The lowest BCUT2D eigenvalue weighted by atomic mass is 9.69. The van der Waals surface area contributed by atoms with E-state index in [-0.39, 0.29) is 6.04 Å². The van der Waals surface area contributed by atoms with Gasteiger partial charge in [-0.05, 0) is 107 Å². The first-order valence-electron chi connectivity index (χ1n) is 21.2. The molecule has 0 amide bonds. The first-order valence-corrected chi connectivity index (χ1v) is 21.2. The predicted octanol–water partition coefficient (Wildman–Crippen LogP) is 14.9. The summed E-state index contributed by atoms with van der Waals surface area (Å²) in [6.45, 7) is 0. The molecule has 1 aromatic heterocycles. The molecule has 3 aliphatic rings. The van der Waals surface area contributed by atoms with E-state index < -0.39 is 5.41 Å². The average molecular weight is 775 g/mol. The second-order valence-corrected chi connectivity index (χ2v) is 16.6. The van der Waals surface area contributed by atoms with Crippen molar-refractivity contribution in [3.63, 3.8) is 0 Å². The molecule has 0 saturated carbocycles. The summed E-state index contributed by atoms with van der Waals surface area (Å²) in [7, 11) is 0. The lowest BCUT2D eigenvalue weighted by Crippen LogP contribution is -2.26. The normalized spacial score (nSPS) is 14.9. The molecule has 13 rings (SSSR count). The molecule has 2 heterocycles. The summed E-state index contributed by atoms with van der Waals surface area (Å²) in [6.07, 6.45) is 4.46. The van der Waals surface area contributed by atoms with Gasteiger partial charge in [0.15, 0.2) is 0 Å². The molecule has 1 aliphatic heterocycles. The third-order valence-electron chi connectivity index (χ3n) is 13.5. The number of anilines is 1. The van der Waals surface area contributed by atoms with E-state index in [2.05, 4.69) is 224 Å². The van der Waals surface area contributed by atoms with Gasteiger partial charge in [-0.1, -0.05) is 200 Å². The lowest BCUT2D eigenvalue weighted by Gasteiger charge is -2.31. The quantitative estimate of drug-likeness (QED) is 0.193. The van der Waals surface area contributed by atoms with Crippen LogP contribution in [-0.4, -0.2) is 4.98 Å². The Hall–Kier alpha value is -7.81. The number of hydrogen-bond donors (Lipinski definition) is 1. The van der Waals surface area contributed by atoms with Crippen LogP contribution in [0.2, 0.25) is 0 Å². The molecular weight excluding hydrogens is 737 g/mol. The first-order chi connectivity index (χ1) is 30.2. The Bertz CT molecular complexity index is 3390. The van der Waals surface area contributed by atoms with Crippen molar-refractivity contribution < 1.29 is 0 Å². The number of fused-ring (bicyclic) bond motifs is 14. The lowest BCUT2D eigenvalue weighted by molar-refractivity contribution is 0.795. The van der Waals surface area contributed by atoms with Crippen molar-refractivity contribution in [3.8, 4) is 55.8 Å². The fourth-order valence-electron chi connectivity index (χ4n) is 10.8. The number of benzene rings is 9. The van der Waals surface area contributed by atoms with E-state index in [9.17, 15) is 0 Å². The molecule has 284 valence electrons. The highest BCUT2D eigenvalue weighted by Crippen LogP contribution is 2.65. The number of pyridine rings is 1. The molecule has 1 spiro atoms. The molecule has 0 saturated heterocycles. The van der Waals surface area contributed by atoms with Crippen molar-refractivity contribution in [3.05, 3.63) is 246 Å². The maximum atomic E-state index is 5.31. The minimum atomic E-state index is -0.474. The zero-order chi connectivity index (χ0) is 40.1.